The molecule has 2 aromatic rings. The van der Waals surface area contributed by atoms with E-state index in [1.165, 1.54) is 11.8 Å². The van der Waals surface area contributed by atoms with Crippen LogP contribution in [0.15, 0.2) is 53.4 Å². The third-order valence-corrected chi connectivity index (χ3v) is 3.88. The molecule has 0 saturated carbocycles. The maximum Gasteiger partial charge on any atom is 0.230 e. The highest BCUT2D eigenvalue weighted by molar-refractivity contribution is 8.00. The van der Waals surface area contributed by atoms with Crippen LogP contribution in [-0.4, -0.2) is 11.7 Å². The third kappa shape index (κ3) is 4.79. The lowest BCUT2D eigenvalue weighted by molar-refractivity contribution is -0.118. The van der Waals surface area contributed by atoms with Crippen LogP contribution in [-0.2, 0) is 11.3 Å². The van der Waals surface area contributed by atoms with Gasteiger partial charge in [0.2, 0.25) is 5.91 Å². The van der Waals surface area contributed by atoms with Crippen molar-refractivity contribution >= 4 is 35.0 Å². The van der Waals surface area contributed by atoms with Gasteiger partial charge in [0.05, 0.1) is 5.75 Å². The molecule has 3 nitrogen and oxygen atoms in total. The molecular weight excluding hydrogens is 292 g/mol. The molecular formula is C15H15ClN2OS. The fourth-order valence-corrected chi connectivity index (χ4v) is 2.55. The van der Waals surface area contributed by atoms with E-state index in [9.17, 15) is 4.79 Å². The molecule has 20 heavy (non-hydrogen) atoms. The van der Waals surface area contributed by atoms with Crippen molar-refractivity contribution in [3.8, 4) is 0 Å². The van der Waals surface area contributed by atoms with E-state index in [0.717, 1.165) is 16.1 Å². The number of amides is 1. The molecule has 3 N–H and O–H groups in total. The summed E-state index contributed by atoms with van der Waals surface area (Å²) in [6.45, 7) is 0.488. The summed E-state index contributed by atoms with van der Waals surface area (Å²) in [6, 6.07) is 14.9. The molecule has 1 amide bonds. The van der Waals surface area contributed by atoms with Crippen LogP contribution in [0.2, 0.25) is 5.02 Å². The Balaban J connectivity index is 1.77. The van der Waals surface area contributed by atoms with Crippen LogP contribution in [0, 0.1) is 0 Å². The van der Waals surface area contributed by atoms with E-state index in [-0.39, 0.29) is 5.91 Å². The van der Waals surface area contributed by atoms with Gasteiger partial charge in [-0.05, 0) is 42.0 Å². The van der Waals surface area contributed by atoms with Crippen molar-refractivity contribution in [2.75, 3.05) is 11.5 Å². The molecule has 0 aliphatic rings. The summed E-state index contributed by atoms with van der Waals surface area (Å²) in [4.78, 5) is 12.8. The topological polar surface area (TPSA) is 55.1 Å². The first-order valence-electron chi connectivity index (χ1n) is 6.13. The van der Waals surface area contributed by atoms with Gasteiger partial charge in [-0.15, -0.1) is 11.8 Å². The summed E-state index contributed by atoms with van der Waals surface area (Å²) in [5.41, 5.74) is 7.32. The van der Waals surface area contributed by atoms with E-state index in [0.29, 0.717) is 17.3 Å². The number of carbonyl (C=O) groups excluding carboxylic acids is 1. The Kier molecular flexibility index (Phi) is 5.32. The Morgan fingerprint density at radius 3 is 2.65 bits per heavy atom. The van der Waals surface area contributed by atoms with Gasteiger partial charge in [0.1, 0.15) is 0 Å². The number of rotatable bonds is 5. The number of thioether (sulfide) groups is 1. The SMILES string of the molecule is Nc1ccc(SCC(=O)NCc2cccc(Cl)c2)cc1. The second-order valence-corrected chi connectivity index (χ2v) is 5.75. The monoisotopic (exact) mass is 306 g/mol. The van der Waals surface area contributed by atoms with E-state index >= 15 is 0 Å². The Morgan fingerprint density at radius 2 is 1.95 bits per heavy atom. The summed E-state index contributed by atoms with van der Waals surface area (Å²) in [7, 11) is 0. The number of nitrogens with one attached hydrogen (secondary N) is 1. The molecule has 0 aliphatic carbocycles. The number of halogens is 1. The highest BCUT2D eigenvalue weighted by Gasteiger charge is 2.03. The van der Waals surface area contributed by atoms with Crippen LogP contribution in [0.25, 0.3) is 0 Å². The minimum Gasteiger partial charge on any atom is -0.399 e. The minimum atomic E-state index is -0.00759. The van der Waals surface area contributed by atoms with Gasteiger partial charge in [0.25, 0.3) is 0 Å². The number of carbonyl (C=O) groups is 1. The average Bonchev–Trinajstić information content (AvgIpc) is 2.45. The normalized spacial score (nSPS) is 10.2. The number of nitrogen functional groups attached to an aromatic ring is 1. The van der Waals surface area contributed by atoms with Crippen LogP contribution in [0.3, 0.4) is 0 Å². The molecule has 2 aromatic carbocycles. The molecule has 2 rings (SSSR count). The number of hydrogen-bond donors (Lipinski definition) is 2. The van der Waals surface area contributed by atoms with Gasteiger partial charge in [0, 0.05) is 22.2 Å². The van der Waals surface area contributed by atoms with Crippen molar-refractivity contribution < 1.29 is 4.79 Å². The van der Waals surface area contributed by atoms with Crippen LogP contribution in [0.1, 0.15) is 5.56 Å². The Morgan fingerprint density at radius 1 is 1.20 bits per heavy atom. The lowest BCUT2D eigenvalue weighted by Gasteiger charge is -2.06. The van der Waals surface area contributed by atoms with Crippen LogP contribution < -0.4 is 11.1 Å². The zero-order chi connectivity index (χ0) is 14.4. The fraction of sp³-hybridized carbons (Fsp3) is 0.133. The smallest absolute Gasteiger partial charge is 0.230 e. The van der Waals surface area contributed by atoms with Crippen LogP contribution >= 0.6 is 23.4 Å². The maximum absolute atomic E-state index is 11.8. The van der Waals surface area contributed by atoms with E-state index < -0.39 is 0 Å². The van der Waals surface area contributed by atoms with Crippen LogP contribution in [0.4, 0.5) is 5.69 Å². The largest absolute Gasteiger partial charge is 0.399 e. The first kappa shape index (κ1) is 14.8. The van der Waals surface area contributed by atoms with Gasteiger partial charge in [-0.2, -0.15) is 0 Å². The average molecular weight is 307 g/mol. The van der Waals surface area contributed by atoms with Gasteiger partial charge in [-0.3, -0.25) is 4.79 Å². The zero-order valence-corrected chi connectivity index (χ0v) is 12.4. The molecule has 0 aliphatic heterocycles. The summed E-state index contributed by atoms with van der Waals surface area (Å²) in [6.07, 6.45) is 0. The first-order valence-corrected chi connectivity index (χ1v) is 7.49. The Hall–Kier alpha value is -1.65. The first-order chi connectivity index (χ1) is 9.63. The van der Waals surface area contributed by atoms with E-state index in [2.05, 4.69) is 5.32 Å². The van der Waals surface area contributed by atoms with Crippen molar-refractivity contribution in [1.29, 1.82) is 0 Å². The van der Waals surface area contributed by atoms with E-state index in [1.54, 1.807) is 0 Å². The van der Waals surface area contributed by atoms with Crippen LogP contribution in [0.5, 0.6) is 0 Å². The Bertz CT molecular complexity index is 587. The summed E-state index contributed by atoms with van der Waals surface area (Å²) >= 11 is 7.37. The number of anilines is 1. The lowest BCUT2D eigenvalue weighted by Crippen LogP contribution is -2.24. The molecule has 0 unspecified atom stereocenters. The van der Waals surface area contributed by atoms with Gasteiger partial charge in [0.15, 0.2) is 0 Å². The van der Waals surface area contributed by atoms with E-state index in [4.69, 9.17) is 17.3 Å². The highest BCUT2D eigenvalue weighted by atomic mass is 35.5. The van der Waals surface area contributed by atoms with Gasteiger partial charge >= 0.3 is 0 Å². The second-order valence-electron chi connectivity index (χ2n) is 4.26. The van der Waals surface area contributed by atoms with Gasteiger partial charge < -0.3 is 11.1 Å². The van der Waals surface area contributed by atoms with Gasteiger partial charge in [-0.1, -0.05) is 23.7 Å². The molecule has 0 atom stereocenters. The molecule has 0 bridgehead atoms. The minimum absolute atomic E-state index is 0.00759. The van der Waals surface area contributed by atoms with Crippen molar-refractivity contribution in [3.63, 3.8) is 0 Å². The summed E-state index contributed by atoms with van der Waals surface area (Å²) < 4.78 is 0. The lowest BCUT2D eigenvalue weighted by atomic mass is 10.2. The second kappa shape index (κ2) is 7.22. The number of nitrogens with two attached hydrogens (primary N) is 1. The molecule has 0 heterocycles. The van der Waals surface area contributed by atoms with Crippen molar-refractivity contribution in [2.45, 2.75) is 11.4 Å². The van der Waals surface area contributed by atoms with E-state index in [1.807, 2.05) is 48.5 Å². The van der Waals surface area contributed by atoms with Crippen molar-refractivity contribution in [3.05, 3.63) is 59.1 Å². The maximum atomic E-state index is 11.8. The number of hydrogen-bond acceptors (Lipinski definition) is 3. The fourth-order valence-electron chi connectivity index (χ4n) is 1.61. The van der Waals surface area contributed by atoms with Crippen molar-refractivity contribution in [1.82, 2.24) is 5.32 Å². The van der Waals surface area contributed by atoms with Gasteiger partial charge in [-0.25, -0.2) is 0 Å². The molecule has 0 aromatic heterocycles. The third-order valence-electron chi connectivity index (χ3n) is 2.63. The molecule has 5 heteroatoms. The predicted molar refractivity (Wildman–Crippen MR) is 84.9 cm³/mol. The molecule has 0 spiro atoms. The van der Waals surface area contributed by atoms with Crippen molar-refractivity contribution in [2.24, 2.45) is 0 Å². The molecule has 0 radical (unpaired) electrons. The molecule has 0 saturated heterocycles. The highest BCUT2D eigenvalue weighted by Crippen LogP contribution is 2.18. The quantitative estimate of drug-likeness (QED) is 0.658. The molecule has 0 fully saturated rings. The zero-order valence-electron chi connectivity index (χ0n) is 10.8. The number of benzene rings is 2. The summed E-state index contributed by atoms with van der Waals surface area (Å²) in [5.74, 6) is 0.372. The predicted octanol–water partition coefficient (Wildman–Crippen LogP) is 3.33. The summed E-state index contributed by atoms with van der Waals surface area (Å²) in [5, 5.41) is 3.54. The molecule has 104 valence electrons. The standard InChI is InChI=1S/C15H15ClN2OS/c16-12-3-1-2-11(8-12)9-18-15(19)10-20-14-6-4-13(17)5-7-14/h1-8H,9-10,17H2,(H,18,19). The Labute approximate surface area is 127 Å².